The molecule has 2 unspecified atom stereocenters. The SMILES string of the molecule is Cc1ccncc1-c1cc(N)c2cnc(NC(=O)C3C4CC(C[Si](c5ccccc5)(c5ccccc5)C(C)(C)C)CC43)cc2c1. The van der Waals surface area contributed by atoms with Gasteiger partial charge < -0.3 is 11.1 Å². The lowest BCUT2D eigenvalue weighted by atomic mass is 9.99. The molecule has 3 N–H and O–H groups in total. The minimum atomic E-state index is -2.12. The lowest BCUT2D eigenvalue weighted by Crippen LogP contribution is -2.64. The Morgan fingerprint density at radius 3 is 2.16 bits per heavy atom. The van der Waals surface area contributed by atoms with E-state index in [9.17, 15) is 4.79 Å². The molecule has 2 aliphatic carbocycles. The van der Waals surface area contributed by atoms with Crippen molar-refractivity contribution in [3.63, 3.8) is 0 Å². The first-order chi connectivity index (χ1) is 21.7. The highest BCUT2D eigenvalue weighted by molar-refractivity contribution is 7.04. The first kappa shape index (κ1) is 29.4. The minimum absolute atomic E-state index is 0.0762. The normalized spacial score (nSPS) is 21.0. The Bertz CT molecular complexity index is 1820. The third-order valence-corrected chi connectivity index (χ3v) is 17.1. The molecule has 2 fully saturated rings. The highest BCUT2D eigenvalue weighted by atomic mass is 28.3. The van der Waals surface area contributed by atoms with Crippen LogP contribution in [-0.2, 0) is 4.79 Å². The summed E-state index contributed by atoms with van der Waals surface area (Å²) >= 11 is 0. The van der Waals surface area contributed by atoms with Crippen molar-refractivity contribution < 1.29 is 4.79 Å². The van der Waals surface area contributed by atoms with Crippen LogP contribution in [0.2, 0.25) is 11.1 Å². The van der Waals surface area contributed by atoms with E-state index < -0.39 is 8.07 Å². The van der Waals surface area contributed by atoms with Gasteiger partial charge in [-0.1, -0.05) is 91.8 Å². The van der Waals surface area contributed by atoms with Gasteiger partial charge >= 0.3 is 0 Å². The quantitative estimate of drug-likeness (QED) is 0.148. The number of aryl methyl sites for hydroxylation is 1. The molecule has 2 heterocycles. The molecule has 6 heteroatoms. The molecule has 0 radical (unpaired) electrons. The molecule has 0 aliphatic heterocycles. The molecule has 2 atom stereocenters. The molecule has 1 amide bonds. The summed E-state index contributed by atoms with van der Waals surface area (Å²) in [6.45, 7) is 9.39. The van der Waals surface area contributed by atoms with Crippen LogP contribution in [-0.4, -0.2) is 23.9 Å². The average molecular weight is 611 g/mol. The fraction of sp³-hybridized carbons (Fsp3) is 0.308. The highest BCUT2D eigenvalue weighted by Crippen LogP contribution is 2.62. The van der Waals surface area contributed by atoms with E-state index in [1.165, 1.54) is 16.4 Å². The first-order valence-electron chi connectivity index (χ1n) is 16.2. The zero-order valence-corrected chi connectivity index (χ0v) is 27.6. The lowest BCUT2D eigenvalue weighted by molar-refractivity contribution is -0.118. The molecule has 2 saturated carbocycles. The second kappa shape index (κ2) is 11.3. The van der Waals surface area contributed by atoms with Crippen molar-refractivity contribution in [1.29, 1.82) is 0 Å². The number of rotatable bonds is 7. The van der Waals surface area contributed by atoms with Gasteiger partial charge in [0.2, 0.25) is 5.91 Å². The number of amides is 1. The molecule has 0 bridgehead atoms. The number of carbonyl (C=O) groups is 1. The maximum Gasteiger partial charge on any atom is 0.229 e. The maximum atomic E-state index is 13.5. The van der Waals surface area contributed by atoms with Crippen molar-refractivity contribution in [2.45, 2.75) is 51.6 Å². The number of nitrogens with zero attached hydrogens (tertiary/aromatic N) is 2. The van der Waals surface area contributed by atoms with Crippen molar-refractivity contribution >= 4 is 46.6 Å². The number of carbonyl (C=O) groups excluding carboxylic acids is 1. The summed E-state index contributed by atoms with van der Waals surface area (Å²) in [5.74, 6) is 2.32. The fourth-order valence-corrected chi connectivity index (χ4v) is 14.3. The smallest absolute Gasteiger partial charge is 0.229 e. The number of aromatic nitrogens is 2. The predicted octanol–water partition coefficient (Wildman–Crippen LogP) is 7.46. The topological polar surface area (TPSA) is 80.9 Å². The van der Waals surface area contributed by atoms with E-state index >= 15 is 0 Å². The van der Waals surface area contributed by atoms with Gasteiger partial charge in [0.15, 0.2) is 0 Å². The predicted molar refractivity (Wildman–Crippen MR) is 188 cm³/mol. The Kier molecular flexibility index (Phi) is 7.36. The van der Waals surface area contributed by atoms with E-state index in [1.807, 2.05) is 24.4 Å². The number of benzene rings is 3. The molecular formula is C39H42N4OSi. The largest absolute Gasteiger partial charge is 0.398 e. The summed E-state index contributed by atoms with van der Waals surface area (Å²) in [6.07, 6.45) is 7.69. The Balaban J connectivity index is 1.08. The van der Waals surface area contributed by atoms with E-state index in [0.717, 1.165) is 40.3 Å². The van der Waals surface area contributed by atoms with Gasteiger partial charge in [-0.15, -0.1) is 0 Å². The van der Waals surface area contributed by atoms with Gasteiger partial charge in [-0.05, 0) is 89.4 Å². The Morgan fingerprint density at radius 1 is 0.911 bits per heavy atom. The lowest BCUT2D eigenvalue weighted by Gasteiger charge is -2.46. The van der Waals surface area contributed by atoms with Crippen LogP contribution < -0.4 is 21.4 Å². The van der Waals surface area contributed by atoms with Crippen LogP contribution in [0, 0.1) is 30.6 Å². The Labute approximate surface area is 267 Å². The fourth-order valence-electron chi connectivity index (χ4n) is 8.45. The number of nitrogen functional groups attached to an aromatic ring is 1. The van der Waals surface area contributed by atoms with E-state index in [4.69, 9.17) is 5.73 Å². The number of fused-ring (bicyclic) bond motifs is 2. The second-order valence-corrected chi connectivity index (χ2v) is 19.2. The summed E-state index contributed by atoms with van der Waals surface area (Å²) in [4.78, 5) is 22.4. The number of nitrogens with two attached hydrogens (primary N) is 1. The van der Waals surface area contributed by atoms with E-state index in [0.29, 0.717) is 29.3 Å². The molecule has 2 aliphatic rings. The molecule has 228 valence electrons. The molecule has 5 nitrogen and oxygen atoms in total. The molecule has 2 aromatic heterocycles. The second-order valence-electron chi connectivity index (χ2n) is 14.3. The molecule has 7 rings (SSSR count). The van der Waals surface area contributed by atoms with Gasteiger partial charge in [0, 0.05) is 41.1 Å². The molecule has 5 aromatic rings. The van der Waals surface area contributed by atoms with Crippen LogP contribution in [0.25, 0.3) is 21.9 Å². The maximum absolute atomic E-state index is 13.5. The minimum Gasteiger partial charge on any atom is -0.398 e. The van der Waals surface area contributed by atoms with Crippen molar-refractivity contribution in [1.82, 2.24) is 9.97 Å². The van der Waals surface area contributed by atoms with Gasteiger partial charge in [-0.25, -0.2) is 4.98 Å². The summed E-state index contributed by atoms with van der Waals surface area (Å²) in [7, 11) is -2.12. The standard InChI is InChI=1S/C39H42N4OSi/c1-25-15-16-41-22-33(25)27-19-28-21-36(42-23-34(28)35(40)20-27)43-38(44)37-31-17-26(18-32(31)37)24-45(39(2,3)4,29-11-7-5-8-12-29)30-13-9-6-10-14-30/h5-16,19-23,26,31-32,37H,17-18,24,40H2,1-4H3,(H,42,43,44). The molecule has 0 saturated heterocycles. The van der Waals surface area contributed by atoms with Gasteiger partial charge in [0.25, 0.3) is 0 Å². The molecule has 3 aromatic carbocycles. The zero-order chi connectivity index (χ0) is 31.3. The van der Waals surface area contributed by atoms with Gasteiger partial charge in [-0.2, -0.15) is 0 Å². The molecule has 45 heavy (non-hydrogen) atoms. The monoisotopic (exact) mass is 610 g/mol. The van der Waals surface area contributed by atoms with Crippen LogP contribution in [0.5, 0.6) is 0 Å². The number of anilines is 2. The van der Waals surface area contributed by atoms with Crippen molar-refractivity contribution in [2.75, 3.05) is 11.1 Å². The van der Waals surface area contributed by atoms with Crippen LogP contribution in [0.1, 0.15) is 39.2 Å². The Morgan fingerprint density at radius 2 is 1.56 bits per heavy atom. The van der Waals surface area contributed by atoms with Crippen LogP contribution in [0.4, 0.5) is 11.5 Å². The Hall–Kier alpha value is -4.29. The van der Waals surface area contributed by atoms with Crippen LogP contribution in [0.15, 0.2) is 104 Å². The van der Waals surface area contributed by atoms with Crippen molar-refractivity contribution in [3.05, 3.63) is 109 Å². The summed E-state index contributed by atoms with van der Waals surface area (Å²) in [5, 5.41) is 8.19. The van der Waals surface area contributed by atoms with E-state index in [2.05, 4.69) is 110 Å². The highest BCUT2D eigenvalue weighted by Gasteiger charge is 2.61. The summed E-state index contributed by atoms with van der Waals surface area (Å²) < 4.78 is 0. The van der Waals surface area contributed by atoms with Gasteiger partial charge in [0.1, 0.15) is 13.9 Å². The third-order valence-electron chi connectivity index (χ3n) is 10.7. The van der Waals surface area contributed by atoms with Crippen molar-refractivity contribution in [3.8, 4) is 11.1 Å². The number of hydrogen-bond acceptors (Lipinski definition) is 4. The zero-order valence-electron chi connectivity index (χ0n) is 26.6. The van der Waals surface area contributed by atoms with Gasteiger partial charge in [0.05, 0.1) is 0 Å². The number of pyridine rings is 2. The first-order valence-corrected chi connectivity index (χ1v) is 18.4. The van der Waals surface area contributed by atoms with Crippen molar-refractivity contribution in [2.24, 2.45) is 23.7 Å². The van der Waals surface area contributed by atoms with E-state index in [-0.39, 0.29) is 16.9 Å². The van der Waals surface area contributed by atoms with Crippen LogP contribution >= 0.6 is 0 Å². The van der Waals surface area contributed by atoms with Crippen LogP contribution in [0.3, 0.4) is 0 Å². The number of hydrogen-bond donors (Lipinski definition) is 2. The summed E-state index contributed by atoms with van der Waals surface area (Å²) in [6, 6.07) is 31.8. The molecular weight excluding hydrogens is 569 g/mol. The van der Waals surface area contributed by atoms with E-state index in [1.54, 1.807) is 12.4 Å². The number of nitrogens with one attached hydrogen (secondary N) is 1. The average Bonchev–Trinajstić information content (AvgIpc) is 3.54. The van der Waals surface area contributed by atoms with Gasteiger partial charge in [-0.3, -0.25) is 9.78 Å². The molecule has 0 spiro atoms. The summed E-state index contributed by atoms with van der Waals surface area (Å²) in [5.41, 5.74) is 10.3. The third kappa shape index (κ3) is 5.25.